The number of carbonyl (C=O) groups is 1. The largest absolute Gasteiger partial charge is 0.507 e. The number of para-hydroxylation sites is 1. The van der Waals surface area contributed by atoms with Gasteiger partial charge in [0, 0.05) is 24.5 Å². The van der Waals surface area contributed by atoms with Crippen LogP contribution >= 0.6 is 0 Å². The molecular weight excluding hydrogens is 302 g/mol. The summed E-state index contributed by atoms with van der Waals surface area (Å²) in [5.41, 5.74) is 3.97. The van der Waals surface area contributed by atoms with Gasteiger partial charge in [-0.1, -0.05) is 42.5 Å². The molecule has 0 amide bonds. The van der Waals surface area contributed by atoms with Gasteiger partial charge in [0.1, 0.15) is 11.3 Å². The number of nitrogens with zero attached hydrogens (tertiary/aromatic N) is 1. The lowest BCUT2D eigenvalue weighted by atomic mass is 9.99. The number of carboxylic acid groups (broad SMARTS) is 1. The van der Waals surface area contributed by atoms with Gasteiger partial charge in [0.05, 0.1) is 0 Å². The molecule has 0 saturated heterocycles. The third-order valence-corrected chi connectivity index (χ3v) is 3.89. The minimum Gasteiger partial charge on any atom is -0.507 e. The molecule has 1 aliphatic heterocycles. The van der Waals surface area contributed by atoms with Gasteiger partial charge in [-0.3, -0.25) is 0 Å². The quantitative estimate of drug-likeness (QED) is 0.892. The van der Waals surface area contributed by atoms with Crippen LogP contribution in [0.5, 0.6) is 5.75 Å². The first-order chi connectivity index (χ1) is 11.6. The van der Waals surface area contributed by atoms with Crippen LogP contribution < -0.4 is 4.90 Å². The van der Waals surface area contributed by atoms with Crippen molar-refractivity contribution in [2.45, 2.75) is 0 Å². The Bertz CT molecular complexity index is 878. The molecule has 0 aliphatic carbocycles. The molecule has 3 rings (SSSR count). The Morgan fingerprint density at radius 2 is 1.96 bits per heavy atom. The Hall–Kier alpha value is -3.27. The number of carboxylic acids is 1. The van der Waals surface area contributed by atoms with Crippen molar-refractivity contribution >= 4 is 23.3 Å². The summed E-state index contributed by atoms with van der Waals surface area (Å²) in [6, 6.07) is 12.7. The maximum atomic E-state index is 11.1. The predicted molar refractivity (Wildman–Crippen MR) is 96.1 cm³/mol. The van der Waals surface area contributed by atoms with E-state index in [-0.39, 0.29) is 11.3 Å². The number of aromatic carboxylic acids is 1. The number of hydrogen-bond donors (Lipinski definition) is 2. The number of allylic oxidation sites excluding steroid dienone is 4. The third-order valence-electron chi connectivity index (χ3n) is 3.89. The van der Waals surface area contributed by atoms with Gasteiger partial charge in [0.25, 0.3) is 0 Å². The molecule has 120 valence electrons. The lowest BCUT2D eigenvalue weighted by molar-refractivity contribution is 0.0693. The van der Waals surface area contributed by atoms with Crippen molar-refractivity contribution in [2.24, 2.45) is 0 Å². The maximum Gasteiger partial charge on any atom is 0.339 e. The number of anilines is 1. The van der Waals surface area contributed by atoms with E-state index in [1.807, 2.05) is 49.7 Å². The minimum atomic E-state index is -1.15. The predicted octanol–water partition coefficient (Wildman–Crippen LogP) is 4.15. The number of phenols is 1. The van der Waals surface area contributed by atoms with E-state index in [4.69, 9.17) is 5.11 Å². The highest BCUT2D eigenvalue weighted by atomic mass is 16.4. The molecule has 0 atom stereocenters. The van der Waals surface area contributed by atoms with E-state index >= 15 is 0 Å². The smallest absolute Gasteiger partial charge is 0.339 e. The second-order valence-electron chi connectivity index (χ2n) is 5.51. The van der Waals surface area contributed by atoms with Crippen LogP contribution in [0.2, 0.25) is 0 Å². The van der Waals surface area contributed by atoms with Crippen molar-refractivity contribution in [3.05, 3.63) is 83.6 Å². The Labute approximate surface area is 140 Å². The van der Waals surface area contributed by atoms with Crippen molar-refractivity contribution in [2.75, 3.05) is 11.9 Å². The minimum absolute atomic E-state index is 0.102. The van der Waals surface area contributed by atoms with Gasteiger partial charge in [-0.15, -0.1) is 0 Å². The first-order valence-electron chi connectivity index (χ1n) is 7.51. The molecular formula is C20H17NO3. The lowest BCUT2D eigenvalue weighted by Crippen LogP contribution is -2.13. The number of benzene rings is 2. The Kier molecular flexibility index (Phi) is 4.20. The number of fused-ring (bicyclic) bond motifs is 1. The molecule has 0 saturated carbocycles. The van der Waals surface area contributed by atoms with Gasteiger partial charge in [0.15, 0.2) is 0 Å². The Morgan fingerprint density at radius 1 is 1.17 bits per heavy atom. The van der Waals surface area contributed by atoms with Crippen LogP contribution in [-0.2, 0) is 0 Å². The molecule has 0 unspecified atom stereocenters. The van der Waals surface area contributed by atoms with Crippen LogP contribution in [0.3, 0.4) is 0 Å². The van der Waals surface area contributed by atoms with Crippen molar-refractivity contribution in [3.63, 3.8) is 0 Å². The van der Waals surface area contributed by atoms with Crippen LogP contribution in [0.25, 0.3) is 11.6 Å². The van der Waals surface area contributed by atoms with E-state index in [1.54, 1.807) is 6.07 Å². The van der Waals surface area contributed by atoms with E-state index in [9.17, 15) is 9.90 Å². The van der Waals surface area contributed by atoms with Gasteiger partial charge in [-0.25, -0.2) is 4.79 Å². The summed E-state index contributed by atoms with van der Waals surface area (Å²) in [5, 5.41) is 18.6. The summed E-state index contributed by atoms with van der Waals surface area (Å²) in [7, 11) is 2.01. The zero-order valence-electron chi connectivity index (χ0n) is 13.2. The highest BCUT2D eigenvalue weighted by molar-refractivity contribution is 5.91. The van der Waals surface area contributed by atoms with Gasteiger partial charge in [0.2, 0.25) is 0 Å². The maximum absolute atomic E-state index is 11.1. The fraction of sp³-hybridized carbons (Fsp3) is 0.0500. The Balaban J connectivity index is 1.89. The normalized spacial score (nSPS) is 15.0. The molecule has 0 bridgehead atoms. The zero-order chi connectivity index (χ0) is 17.1. The van der Waals surface area contributed by atoms with Crippen molar-refractivity contribution in [1.82, 2.24) is 0 Å². The van der Waals surface area contributed by atoms with Crippen LogP contribution in [0.15, 0.2) is 66.9 Å². The standard InChI is InChI=1S/C20H17NO3/c1-21-12-11-15(16-7-2-3-8-18(16)21)6-4-5-14-9-10-19(22)17(13-14)20(23)24/h2-13,22H,1H3,(H,23,24). The second-order valence-corrected chi connectivity index (χ2v) is 5.51. The molecule has 0 aromatic heterocycles. The monoisotopic (exact) mass is 319 g/mol. The molecule has 0 radical (unpaired) electrons. The van der Waals surface area contributed by atoms with Crippen LogP contribution in [-0.4, -0.2) is 23.2 Å². The summed E-state index contributed by atoms with van der Waals surface area (Å²) >= 11 is 0. The molecule has 2 N–H and O–H groups in total. The number of aromatic hydroxyl groups is 1. The first-order valence-corrected chi connectivity index (χ1v) is 7.51. The first kappa shape index (κ1) is 15.6. The summed E-state index contributed by atoms with van der Waals surface area (Å²) < 4.78 is 0. The topological polar surface area (TPSA) is 60.8 Å². The highest BCUT2D eigenvalue weighted by Gasteiger charge is 2.12. The van der Waals surface area contributed by atoms with Gasteiger partial charge in [-0.05, 0) is 35.4 Å². The van der Waals surface area contributed by atoms with E-state index in [0.717, 1.165) is 16.8 Å². The highest BCUT2D eigenvalue weighted by Crippen LogP contribution is 2.31. The van der Waals surface area contributed by atoms with Crippen LogP contribution in [0, 0.1) is 0 Å². The van der Waals surface area contributed by atoms with E-state index < -0.39 is 5.97 Å². The summed E-state index contributed by atoms with van der Waals surface area (Å²) in [5.74, 6) is -1.38. The third kappa shape index (κ3) is 3.08. The fourth-order valence-electron chi connectivity index (χ4n) is 2.62. The number of rotatable bonds is 3. The average Bonchev–Trinajstić information content (AvgIpc) is 2.58. The van der Waals surface area contributed by atoms with Gasteiger partial charge in [-0.2, -0.15) is 0 Å². The molecule has 2 aromatic rings. The summed E-state index contributed by atoms with van der Waals surface area (Å²) in [4.78, 5) is 13.1. The van der Waals surface area contributed by atoms with Crippen molar-refractivity contribution in [3.8, 4) is 5.75 Å². The SMILES string of the molecule is CN1C=CC(=CC=Cc2ccc(O)c(C(=O)O)c2)c2ccccc21. The number of hydrogen-bond acceptors (Lipinski definition) is 3. The second kappa shape index (κ2) is 6.46. The van der Waals surface area contributed by atoms with E-state index in [0.29, 0.717) is 5.56 Å². The average molecular weight is 319 g/mol. The zero-order valence-corrected chi connectivity index (χ0v) is 13.2. The van der Waals surface area contributed by atoms with Gasteiger partial charge >= 0.3 is 5.97 Å². The molecule has 0 spiro atoms. The molecule has 24 heavy (non-hydrogen) atoms. The fourth-order valence-corrected chi connectivity index (χ4v) is 2.62. The molecule has 4 nitrogen and oxygen atoms in total. The van der Waals surface area contributed by atoms with Crippen molar-refractivity contribution in [1.29, 1.82) is 0 Å². The molecule has 1 aliphatic rings. The molecule has 2 aromatic carbocycles. The Morgan fingerprint density at radius 3 is 2.75 bits per heavy atom. The summed E-state index contributed by atoms with van der Waals surface area (Å²) in [6.07, 6.45) is 9.71. The lowest BCUT2D eigenvalue weighted by Gasteiger charge is -2.23. The van der Waals surface area contributed by atoms with Gasteiger partial charge < -0.3 is 15.1 Å². The molecule has 1 heterocycles. The van der Waals surface area contributed by atoms with E-state index in [2.05, 4.69) is 17.0 Å². The van der Waals surface area contributed by atoms with Crippen molar-refractivity contribution < 1.29 is 15.0 Å². The summed E-state index contributed by atoms with van der Waals surface area (Å²) in [6.45, 7) is 0. The van der Waals surface area contributed by atoms with Crippen LogP contribution in [0.1, 0.15) is 21.5 Å². The van der Waals surface area contributed by atoms with E-state index in [1.165, 1.54) is 12.1 Å². The van der Waals surface area contributed by atoms with Crippen LogP contribution in [0.4, 0.5) is 5.69 Å². The molecule has 0 fully saturated rings. The molecule has 4 heteroatoms.